The number of benzene rings is 2. The number of anilines is 1. The summed E-state index contributed by atoms with van der Waals surface area (Å²) in [5.74, 6) is 0.530. The number of rotatable bonds is 9. The molecule has 6 heteroatoms. The number of ether oxygens (including phenoxy) is 2. The molecule has 0 heterocycles. The number of hydrogen-bond donors (Lipinski definition) is 1. The lowest BCUT2D eigenvalue weighted by molar-refractivity contribution is -0.112. The van der Waals surface area contributed by atoms with Crippen LogP contribution in [0.5, 0.6) is 11.5 Å². The van der Waals surface area contributed by atoms with Crippen LogP contribution in [0.4, 0.5) is 5.69 Å². The molecule has 2 rings (SSSR count). The Morgan fingerprint density at radius 2 is 2.07 bits per heavy atom. The molecule has 0 aromatic heterocycles. The van der Waals surface area contributed by atoms with Gasteiger partial charge < -0.3 is 14.8 Å². The summed E-state index contributed by atoms with van der Waals surface area (Å²) in [5.41, 5.74) is 1.89. The predicted octanol–water partition coefficient (Wildman–Crippen LogP) is 5.19. The highest BCUT2D eigenvalue weighted by Gasteiger charge is 2.14. The molecular weight excluding hydrogens is 388 g/mol. The standard InChI is InChI=1S/C23H21ClN2O3/c1-4-7-17-11-16(13-21(28-3)22(17)29-10-5-2)12-18(15-25)23(27)26-20-9-6-8-19(24)14-20/h4-6,8-9,11-14H,1-2,7,10H2,3H3,(H,26,27)/b18-12+. The van der Waals surface area contributed by atoms with Crippen LogP contribution in [0, 0.1) is 11.3 Å². The summed E-state index contributed by atoms with van der Waals surface area (Å²) in [5, 5.41) is 12.6. The number of methoxy groups -OCH3 is 1. The van der Waals surface area contributed by atoms with Crippen LogP contribution in [0.25, 0.3) is 6.08 Å². The molecule has 0 aliphatic carbocycles. The topological polar surface area (TPSA) is 71.3 Å². The van der Waals surface area contributed by atoms with Crippen molar-refractivity contribution in [2.24, 2.45) is 0 Å². The fraction of sp³-hybridized carbons (Fsp3) is 0.130. The molecule has 1 amide bonds. The smallest absolute Gasteiger partial charge is 0.266 e. The minimum Gasteiger partial charge on any atom is -0.493 e. The molecule has 0 spiro atoms. The van der Waals surface area contributed by atoms with Gasteiger partial charge in [0, 0.05) is 16.3 Å². The number of nitriles is 1. The summed E-state index contributed by atoms with van der Waals surface area (Å²) in [7, 11) is 1.53. The average Bonchev–Trinajstić information content (AvgIpc) is 2.71. The van der Waals surface area contributed by atoms with Crippen molar-refractivity contribution in [1.29, 1.82) is 5.26 Å². The average molecular weight is 409 g/mol. The monoisotopic (exact) mass is 408 g/mol. The Kier molecular flexibility index (Phi) is 8.08. The van der Waals surface area contributed by atoms with E-state index >= 15 is 0 Å². The van der Waals surface area contributed by atoms with Crippen LogP contribution in [0.3, 0.4) is 0 Å². The summed E-state index contributed by atoms with van der Waals surface area (Å²) >= 11 is 5.93. The van der Waals surface area contributed by atoms with Crippen LogP contribution in [0.2, 0.25) is 5.02 Å². The summed E-state index contributed by atoms with van der Waals surface area (Å²) in [6.45, 7) is 7.73. The number of carbonyl (C=O) groups excluding carboxylic acids is 1. The molecule has 0 radical (unpaired) electrons. The normalized spacial score (nSPS) is 10.6. The molecule has 0 aliphatic heterocycles. The third-order valence-corrected chi connectivity index (χ3v) is 4.08. The Balaban J connectivity index is 2.39. The van der Waals surface area contributed by atoms with E-state index in [2.05, 4.69) is 18.5 Å². The molecule has 0 atom stereocenters. The number of allylic oxidation sites excluding steroid dienone is 1. The summed E-state index contributed by atoms with van der Waals surface area (Å²) in [6, 6.07) is 12.2. The van der Waals surface area contributed by atoms with Gasteiger partial charge in [-0.3, -0.25) is 4.79 Å². The lowest BCUT2D eigenvalue weighted by atomic mass is 10.0. The summed E-state index contributed by atoms with van der Waals surface area (Å²) < 4.78 is 11.2. The largest absolute Gasteiger partial charge is 0.493 e. The number of nitrogens with zero attached hydrogens (tertiary/aromatic N) is 1. The van der Waals surface area contributed by atoms with E-state index < -0.39 is 5.91 Å². The molecule has 0 fully saturated rings. The van der Waals surface area contributed by atoms with E-state index in [9.17, 15) is 10.1 Å². The van der Waals surface area contributed by atoms with Crippen molar-refractivity contribution in [2.45, 2.75) is 6.42 Å². The Bertz CT molecular complexity index is 990. The third kappa shape index (κ3) is 6.00. The maximum Gasteiger partial charge on any atom is 0.266 e. The van der Waals surface area contributed by atoms with E-state index in [0.717, 1.165) is 5.56 Å². The van der Waals surface area contributed by atoms with Gasteiger partial charge in [-0.1, -0.05) is 36.4 Å². The van der Waals surface area contributed by atoms with Crippen molar-refractivity contribution < 1.29 is 14.3 Å². The molecular formula is C23H21ClN2O3. The van der Waals surface area contributed by atoms with Gasteiger partial charge in [-0.05, 0) is 48.4 Å². The quantitative estimate of drug-likeness (QED) is 0.352. The first-order valence-electron chi connectivity index (χ1n) is 8.76. The zero-order valence-electron chi connectivity index (χ0n) is 16.1. The van der Waals surface area contributed by atoms with Gasteiger partial charge in [0.2, 0.25) is 0 Å². The zero-order chi connectivity index (χ0) is 21.2. The predicted molar refractivity (Wildman–Crippen MR) is 116 cm³/mol. The van der Waals surface area contributed by atoms with Gasteiger partial charge in [-0.25, -0.2) is 0 Å². The lowest BCUT2D eigenvalue weighted by Gasteiger charge is -2.15. The molecule has 0 aliphatic rings. The molecule has 0 saturated carbocycles. The van der Waals surface area contributed by atoms with Crippen LogP contribution >= 0.6 is 11.6 Å². The first kappa shape index (κ1) is 21.8. The van der Waals surface area contributed by atoms with Crippen LogP contribution in [-0.2, 0) is 11.2 Å². The van der Waals surface area contributed by atoms with E-state index in [1.807, 2.05) is 12.1 Å². The maximum atomic E-state index is 12.5. The van der Waals surface area contributed by atoms with Crippen molar-refractivity contribution in [3.8, 4) is 17.6 Å². The van der Waals surface area contributed by atoms with E-state index in [1.54, 1.807) is 42.5 Å². The van der Waals surface area contributed by atoms with Gasteiger partial charge in [-0.2, -0.15) is 5.26 Å². The summed E-state index contributed by atoms with van der Waals surface area (Å²) in [6.07, 6.45) is 5.40. The molecule has 148 valence electrons. The van der Waals surface area contributed by atoms with Crippen LogP contribution in [-0.4, -0.2) is 19.6 Å². The first-order chi connectivity index (χ1) is 14.0. The summed E-state index contributed by atoms with van der Waals surface area (Å²) in [4.78, 5) is 12.5. The van der Waals surface area contributed by atoms with Gasteiger partial charge in [0.05, 0.1) is 7.11 Å². The molecule has 2 aromatic carbocycles. The Labute approximate surface area is 175 Å². The van der Waals surface area contributed by atoms with Crippen LogP contribution in [0.15, 0.2) is 67.3 Å². The molecule has 0 bridgehead atoms. The fourth-order valence-electron chi connectivity index (χ4n) is 2.61. The van der Waals surface area contributed by atoms with Gasteiger partial charge in [0.15, 0.2) is 11.5 Å². The second-order valence-corrected chi connectivity index (χ2v) is 6.37. The van der Waals surface area contributed by atoms with E-state index in [1.165, 1.54) is 13.2 Å². The van der Waals surface area contributed by atoms with Gasteiger partial charge in [-0.15, -0.1) is 6.58 Å². The Morgan fingerprint density at radius 3 is 2.69 bits per heavy atom. The number of amides is 1. The van der Waals surface area contributed by atoms with Crippen molar-refractivity contribution in [2.75, 3.05) is 19.0 Å². The van der Waals surface area contributed by atoms with E-state index in [4.69, 9.17) is 21.1 Å². The number of halogens is 1. The Hall–Kier alpha value is -3.49. The van der Waals surface area contributed by atoms with Gasteiger partial charge in [0.25, 0.3) is 5.91 Å². The SMILES string of the molecule is C=CCOc1c(CC=C)cc(/C=C(\C#N)C(=O)Nc2cccc(Cl)c2)cc1OC. The first-order valence-corrected chi connectivity index (χ1v) is 9.14. The van der Waals surface area contributed by atoms with Crippen molar-refractivity contribution in [3.63, 3.8) is 0 Å². The van der Waals surface area contributed by atoms with Gasteiger partial charge in [0.1, 0.15) is 18.2 Å². The molecule has 5 nitrogen and oxygen atoms in total. The Morgan fingerprint density at radius 1 is 1.28 bits per heavy atom. The zero-order valence-corrected chi connectivity index (χ0v) is 16.8. The van der Waals surface area contributed by atoms with E-state index in [-0.39, 0.29) is 5.57 Å². The number of hydrogen-bond acceptors (Lipinski definition) is 4. The molecule has 29 heavy (non-hydrogen) atoms. The lowest BCUT2D eigenvalue weighted by Crippen LogP contribution is -2.13. The molecule has 0 saturated heterocycles. The molecule has 2 aromatic rings. The van der Waals surface area contributed by atoms with Crippen molar-refractivity contribution in [1.82, 2.24) is 0 Å². The third-order valence-electron chi connectivity index (χ3n) is 3.84. The minimum atomic E-state index is -0.536. The highest BCUT2D eigenvalue weighted by atomic mass is 35.5. The van der Waals surface area contributed by atoms with E-state index in [0.29, 0.717) is 40.8 Å². The number of nitrogens with one attached hydrogen (secondary N) is 1. The second kappa shape index (κ2) is 10.7. The highest BCUT2D eigenvalue weighted by molar-refractivity contribution is 6.31. The number of carbonyl (C=O) groups is 1. The second-order valence-electron chi connectivity index (χ2n) is 5.94. The van der Waals surface area contributed by atoms with Crippen LogP contribution in [0.1, 0.15) is 11.1 Å². The van der Waals surface area contributed by atoms with Crippen molar-refractivity contribution >= 4 is 29.3 Å². The maximum absolute atomic E-state index is 12.5. The highest BCUT2D eigenvalue weighted by Crippen LogP contribution is 2.34. The molecule has 1 N–H and O–H groups in total. The van der Waals surface area contributed by atoms with Gasteiger partial charge >= 0.3 is 0 Å². The van der Waals surface area contributed by atoms with Crippen molar-refractivity contribution in [3.05, 3.63) is 83.4 Å². The minimum absolute atomic E-state index is 0.0589. The van der Waals surface area contributed by atoms with Crippen LogP contribution < -0.4 is 14.8 Å². The molecule has 0 unspecified atom stereocenters. The fourth-order valence-corrected chi connectivity index (χ4v) is 2.80.